The number of aromatic nitrogens is 1. The molecule has 1 atom stereocenters. The molecule has 1 amide bonds. The van der Waals surface area contributed by atoms with Crippen LogP contribution in [0.3, 0.4) is 0 Å². The second-order valence-electron chi connectivity index (χ2n) is 8.26. The van der Waals surface area contributed by atoms with E-state index in [1.165, 1.54) is 4.88 Å². The van der Waals surface area contributed by atoms with Crippen LogP contribution in [0.15, 0.2) is 41.8 Å². The van der Waals surface area contributed by atoms with E-state index in [4.69, 9.17) is 4.98 Å². The molecule has 1 fully saturated rings. The van der Waals surface area contributed by atoms with Crippen molar-refractivity contribution in [3.8, 4) is 0 Å². The van der Waals surface area contributed by atoms with Crippen LogP contribution in [0.5, 0.6) is 0 Å². The Morgan fingerprint density at radius 1 is 1.23 bits per heavy atom. The van der Waals surface area contributed by atoms with E-state index in [-0.39, 0.29) is 16.8 Å². The molecule has 0 saturated carbocycles. The number of benzene rings is 1. The van der Waals surface area contributed by atoms with Crippen LogP contribution in [0.1, 0.15) is 60.0 Å². The molecule has 1 aromatic heterocycles. The van der Waals surface area contributed by atoms with Gasteiger partial charge in [0.1, 0.15) is 0 Å². The topological polar surface area (TPSA) is 70.6 Å². The molecular weight excluding hydrogens is 430 g/mol. The highest BCUT2D eigenvalue weighted by Crippen LogP contribution is 2.33. The summed E-state index contributed by atoms with van der Waals surface area (Å²) in [5, 5.41) is 0.690. The first-order valence-corrected chi connectivity index (χ1v) is 13.2. The molecule has 8 heteroatoms. The second kappa shape index (κ2) is 9.22. The molecule has 0 spiro atoms. The summed E-state index contributed by atoms with van der Waals surface area (Å²) in [5.74, 6) is -0.193. The maximum Gasteiger partial charge on any atom is 0.260 e. The molecule has 1 unspecified atom stereocenters. The van der Waals surface area contributed by atoms with Gasteiger partial charge in [-0.05, 0) is 69.7 Å². The number of aryl methyl sites for hydroxylation is 2. The molecule has 1 saturated heterocycles. The van der Waals surface area contributed by atoms with Crippen LogP contribution in [0.4, 0.5) is 5.13 Å². The van der Waals surface area contributed by atoms with Gasteiger partial charge in [0.2, 0.25) is 10.0 Å². The summed E-state index contributed by atoms with van der Waals surface area (Å²) in [4.78, 5) is 21.1. The fraction of sp³-hybridized carbons (Fsp3) is 0.478. The van der Waals surface area contributed by atoms with Crippen LogP contribution in [-0.4, -0.2) is 42.7 Å². The normalized spacial score (nSPS) is 19.6. The zero-order chi connectivity index (χ0) is 22.0. The zero-order valence-corrected chi connectivity index (χ0v) is 19.6. The lowest BCUT2D eigenvalue weighted by atomic mass is 10.0. The average Bonchev–Trinajstić information content (AvgIpc) is 3.21. The lowest BCUT2D eigenvalue weighted by Crippen LogP contribution is -2.41. The van der Waals surface area contributed by atoms with Gasteiger partial charge in [0, 0.05) is 29.6 Å². The van der Waals surface area contributed by atoms with Crippen molar-refractivity contribution in [2.45, 2.75) is 62.8 Å². The maximum atomic E-state index is 13.2. The number of hydrogen-bond acceptors (Lipinski definition) is 5. The Morgan fingerprint density at radius 2 is 1.97 bits per heavy atom. The number of thiazole rings is 1. The molecule has 0 radical (unpaired) electrons. The molecule has 4 rings (SSSR count). The van der Waals surface area contributed by atoms with Gasteiger partial charge in [0.05, 0.1) is 10.6 Å². The van der Waals surface area contributed by atoms with Gasteiger partial charge in [-0.1, -0.05) is 12.5 Å². The minimum atomic E-state index is -3.56. The van der Waals surface area contributed by atoms with Crippen LogP contribution in [0.2, 0.25) is 0 Å². The van der Waals surface area contributed by atoms with Crippen LogP contribution in [0, 0.1) is 0 Å². The van der Waals surface area contributed by atoms with Crippen molar-refractivity contribution in [2.24, 2.45) is 0 Å². The van der Waals surface area contributed by atoms with Gasteiger partial charge in [-0.2, -0.15) is 4.31 Å². The van der Waals surface area contributed by atoms with Crippen molar-refractivity contribution in [3.63, 3.8) is 0 Å². The molecule has 2 aliphatic rings. The van der Waals surface area contributed by atoms with Gasteiger partial charge in [-0.25, -0.2) is 13.4 Å². The van der Waals surface area contributed by atoms with Crippen molar-refractivity contribution < 1.29 is 13.2 Å². The first-order chi connectivity index (χ1) is 14.9. The Hall–Kier alpha value is -2.03. The lowest BCUT2D eigenvalue weighted by molar-refractivity contribution is 0.0989. The third-order valence-corrected chi connectivity index (χ3v) is 9.28. The van der Waals surface area contributed by atoms with E-state index in [0.717, 1.165) is 50.6 Å². The lowest BCUT2D eigenvalue weighted by Gasteiger charge is -2.32. The van der Waals surface area contributed by atoms with E-state index in [2.05, 4.69) is 6.58 Å². The molecule has 1 aliphatic heterocycles. The summed E-state index contributed by atoms with van der Waals surface area (Å²) in [6, 6.07) is 6.30. The SMILES string of the molecule is C=CCN(C(=O)c1ccc(S(=O)(=O)N2CCCCC2C)cc1)c1nc2c(s1)CCCC2. The molecule has 166 valence electrons. The summed E-state index contributed by atoms with van der Waals surface area (Å²) < 4.78 is 27.7. The van der Waals surface area contributed by atoms with E-state index in [9.17, 15) is 13.2 Å². The summed E-state index contributed by atoms with van der Waals surface area (Å²) in [7, 11) is -3.56. The second-order valence-corrected chi connectivity index (χ2v) is 11.2. The van der Waals surface area contributed by atoms with E-state index >= 15 is 0 Å². The molecule has 2 aromatic rings. The molecule has 31 heavy (non-hydrogen) atoms. The Bertz CT molecular complexity index is 1040. The summed E-state index contributed by atoms with van der Waals surface area (Å²) in [6.07, 6.45) is 8.79. The number of fused-ring (bicyclic) bond motifs is 1. The number of nitrogens with zero attached hydrogens (tertiary/aromatic N) is 3. The number of carbonyl (C=O) groups is 1. The highest BCUT2D eigenvalue weighted by atomic mass is 32.2. The number of anilines is 1. The van der Waals surface area contributed by atoms with Crippen molar-refractivity contribution in [1.29, 1.82) is 0 Å². The number of carbonyl (C=O) groups excluding carboxylic acids is 1. The number of hydrogen-bond donors (Lipinski definition) is 0. The number of sulfonamides is 1. The third-order valence-electron chi connectivity index (χ3n) is 6.07. The Morgan fingerprint density at radius 3 is 2.65 bits per heavy atom. The van der Waals surface area contributed by atoms with Gasteiger partial charge in [-0.3, -0.25) is 9.69 Å². The molecule has 1 aliphatic carbocycles. The third kappa shape index (κ3) is 4.47. The highest BCUT2D eigenvalue weighted by Gasteiger charge is 2.31. The summed E-state index contributed by atoms with van der Waals surface area (Å²) in [5.41, 5.74) is 1.55. The maximum absolute atomic E-state index is 13.2. The molecule has 1 aromatic carbocycles. The summed E-state index contributed by atoms with van der Waals surface area (Å²) in [6.45, 7) is 6.65. The Balaban J connectivity index is 1.57. The van der Waals surface area contributed by atoms with Crippen molar-refractivity contribution in [2.75, 3.05) is 18.0 Å². The van der Waals surface area contributed by atoms with Crippen molar-refractivity contribution >= 4 is 32.4 Å². The quantitative estimate of drug-likeness (QED) is 0.600. The van der Waals surface area contributed by atoms with E-state index in [0.29, 0.717) is 23.8 Å². The number of rotatable bonds is 6. The zero-order valence-electron chi connectivity index (χ0n) is 17.9. The molecule has 0 bridgehead atoms. The van der Waals surface area contributed by atoms with Gasteiger partial charge in [0.15, 0.2) is 5.13 Å². The van der Waals surface area contributed by atoms with Crippen molar-refractivity contribution in [3.05, 3.63) is 53.1 Å². The number of amides is 1. The Labute approximate surface area is 188 Å². The van der Waals surface area contributed by atoms with Crippen LogP contribution < -0.4 is 4.90 Å². The minimum absolute atomic E-state index is 0.000854. The standard InChI is InChI=1S/C23H29N3O3S2/c1-3-15-25(23-24-20-9-4-5-10-21(20)30-23)22(27)18-11-13-19(14-12-18)31(28,29)26-16-7-6-8-17(26)2/h3,11-14,17H,1,4-10,15-16H2,2H3. The van der Waals surface area contributed by atoms with Crippen molar-refractivity contribution in [1.82, 2.24) is 9.29 Å². The van der Waals surface area contributed by atoms with Gasteiger partial charge >= 0.3 is 0 Å². The fourth-order valence-corrected chi connectivity index (χ4v) is 7.18. The van der Waals surface area contributed by atoms with Crippen LogP contribution in [0.25, 0.3) is 0 Å². The van der Waals surface area contributed by atoms with Gasteiger partial charge < -0.3 is 0 Å². The Kier molecular flexibility index (Phi) is 6.60. The predicted molar refractivity (Wildman–Crippen MR) is 124 cm³/mol. The van der Waals surface area contributed by atoms with Gasteiger partial charge in [0.25, 0.3) is 5.91 Å². The average molecular weight is 460 g/mol. The summed E-state index contributed by atoms with van der Waals surface area (Å²) >= 11 is 1.58. The van der Waals surface area contributed by atoms with Gasteiger partial charge in [-0.15, -0.1) is 17.9 Å². The smallest absolute Gasteiger partial charge is 0.260 e. The first-order valence-electron chi connectivity index (χ1n) is 10.9. The monoisotopic (exact) mass is 459 g/mol. The van der Waals surface area contributed by atoms with E-state index < -0.39 is 10.0 Å². The van der Waals surface area contributed by atoms with Crippen LogP contribution >= 0.6 is 11.3 Å². The minimum Gasteiger partial charge on any atom is -0.280 e. The van der Waals surface area contributed by atoms with E-state index in [1.807, 2.05) is 6.92 Å². The largest absolute Gasteiger partial charge is 0.280 e. The fourth-order valence-electron chi connectivity index (χ4n) is 4.32. The molecule has 2 heterocycles. The highest BCUT2D eigenvalue weighted by molar-refractivity contribution is 7.89. The first kappa shape index (κ1) is 22.2. The predicted octanol–water partition coefficient (Wildman–Crippen LogP) is 4.42. The number of piperidine rings is 1. The molecule has 0 N–H and O–H groups in total. The molecule has 6 nitrogen and oxygen atoms in total. The molecular formula is C23H29N3O3S2. The van der Waals surface area contributed by atoms with Crippen LogP contribution in [-0.2, 0) is 22.9 Å². The van der Waals surface area contributed by atoms with E-state index in [1.54, 1.807) is 50.9 Å².